The van der Waals surface area contributed by atoms with Crippen LogP contribution in [0.2, 0.25) is 0 Å². The first kappa shape index (κ1) is 14.7. The van der Waals surface area contributed by atoms with E-state index in [0.29, 0.717) is 13.2 Å². The molecule has 4 nitrogen and oxygen atoms in total. The molecule has 0 unspecified atom stereocenters. The van der Waals surface area contributed by atoms with Crippen LogP contribution in [-0.4, -0.2) is 25.2 Å². The van der Waals surface area contributed by atoms with Crippen LogP contribution in [0.15, 0.2) is 18.2 Å². The fourth-order valence-corrected chi connectivity index (χ4v) is 2.45. The second-order valence-corrected chi connectivity index (χ2v) is 5.54. The van der Waals surface area contributed by atoms with Crippen molar-refractivity contribution in [2.75, 3.05) is 13.2 Å². The maximum Gasteiger partial charge on any atom is 0.315 e. The number of urea groups is 1. The zero-order valence-electron chi connectivity index (χ0n) is 12.4. The van der Waals surface area contributed by atoms with E-state index in [-0.39, 0.29) is 12.1 Å². The van der Waals surface area contributed by atoms with Gasteiger partial charge in [-0.05, 0) is 62.8 Å². The van der Waals surface area contributed by atoms with E-state index in [1.165, 1.54) is 30.4 Å². The monoisotopic (exact) mass is 276 g/mol. The minimum absolute atomic E-state index is 0.144. The van der Waals surface area contributed by atoms with E-state index in [1.54, 1.807) is 0 Å². The van der Waals surface area contributed by atoms with Crippen molar-refractivity contribution >= 4 is 6.03 Å². The molecule has 0 saturated carbocycles. The number of carbonyl (C=O) groups excluding carboxylic acids is 1. The van der Waals surface area contributed by atoms with Crippen molar-refractivity contribution < 1.29 is 9.53 Å². The van der Waals surface area contributed by atoms with Gasteiger partial charge in [0, 0.05) is 6.04 Å². The number of nitrogens with one attached hydrogen (secondary N) is 2. The van der Waals surface area contributed by atoms with Crippen LogP contribution in [0.3, 0.4) is 0 Å². The van der Waals surface area contributed by atoms with Gasteiger partial charge in [-0.2, -0.15) is 0 Å². The summed E-state index contributed by atoms with van der Waals surface area (Å²) in [6, 6.07) is 6.34. The summed E-state index contributed by atoms with van der Waals surface area (Å²) in [5, 5.41) is 5.55. The summed E-state index contributed by atoms with van der Waals surface area (Å²) in [5.41, 5.74) is 2.87. The Morgan fingerprint density at radius 2 is 2.00 bits per heavy atom. The molecule has 1 aliphatic carbocycles. The first-order chi connectivity index (χ1) is 9.65. The van der Waals surface area contributed by atoms with Crippen LogP contribution in [0.4, 0.5) is 4.79 Å². The molecule has 1 aliphatic rings. The van der Waals surface area contributed by atoms with Gasteiger partial charge in [-0.25, -0.2) is 4.79 Å². The Kier molecular flexibility index (Phi) is 5.27. The third-order valence-electron chi connectivity index (χ3n) is 3.40. The number of benzene rings is 1. The van der Waals surface area contributed by atoms with Crippen molar-refractivity contribution in [3.05, 3.63) is 29.3 Å². The number of aryl methyl sites for hydroxylation is 2. The molecule has 110 valence electrons. The number of hydrogen-bond donors (Lipinski definition) is 2. The van der Waals surface area contributed by atoms with Crippen molar-refractivity contribution in [1.82, 2.24) is 10.6 Å². The quantitative estimate of drug-likeness (QED) is 0.812. The third-order valence-corrected chi connectivity index (χ3v) is 3.40. The highest BCUT2D eigenvalue weighted by atomic mass is 16.5. The Balaban J connectivity index is 1.73. The summed E-state index contributed by atoms with van der Waals surface area (Å²) in [6.07, 6.45) is 4.91. The van der Waals surface area contributed by atoms with Crippen LogP contribution in [0.5, 0.6) is 5.75 Å². The zero-order chi connectivity index (χ0) is 14.4. The van der Waals surface area contributed by atoms with Gasteiger partial charge < -0.3 is 15.4 Å². The Labute approximate surface area is 120 Å². The van der Waals surface area contributed by atoms with Gasteiger partial charge in [0.2, 0.25) is 0 Å². The minimum Gasteiger partial charge on any atom is -0.492 e. The molecule has 0 atom stereocenters. The Morgan fingerprint density at radius 3 is 2.75 bits per heavy atom. The lowest BCUT2D eigenvalue weighted by molar-refractivity contribution is 0.234. The standard InChI is InChI=1S/C16H24N2O2/c1-12(2)18-16(19)17-9-10-20-15-8-7-13-5-3-4-6-14(13)11-15/h7-8,11-12H,3-6,9-10H2,1-2H3,(H2,17,18,19). The number of ether oxygens (including phenoxy) is 1. The third kappa shape index (κ3) is 4.44. The second kappa shape index (κ2) is 7.17. The smallest absolute Gasteiger partial charge is 0.315 e. The van der Waals surface area contributed by atoms with Gasteiger partial charge in [-0.15, -0.1) is 0 Å². The minimum atomic E-state index is -0.144. The summed E-state index contributed by atoms with van der Waals surface area (Å²) in [5.74, 6) is 0.900. The fraction of sp³-hybridized carbons (Fsp3) is 0.562. The highest BCUT2D eigenvalue weighted by molar-refractivity contribution is 5.74. The molecule has 4 heteroatoms. The molecular weight excluding hydrogens is 252 g/mol. The number of amides is 2. The SMILES string of the molecule is CC(C)NC(=O)NCCOc1ccc2c(c1)CCCC2. The van der Waals surface area contributed by atoms with E-state index in [2.05, 4.69) is 22.8 Å². The Hall–Kier alpha value is -1.71. The summed E-state index contributed by atoms with van der Waals surface area (Å²) in [7, 11) is 0. The molecule has 20 heavy (non-hydrogen) atoms. The van der Waals surface area contributed by atoms with Gasteiger partial charge in [-0.3, -0.25) is 0 Å². The van der Waals surface area contributed by atoms with E-state index in [0.717, 1.165) is 12.2 Å². The summed E-state index contributed by atoms with van der Waals surface area (Å²) in [6.45, 7) is 4.87. The molecule has 1 aromatic rings. The molecule has 0 fully saturated rings. The van der Waals surface area contributed by atoms with E-state index in [4.69, 9.17) is 4.74 Å². The molecule has 0 bridgehead atoms. The molecule has 1 aromatic carbocycles. The van der Waals surface area contributed by atoms with Crippen LogP contribution in [0.25, 0.3) is 0 Å². The van der Waals surface area contributed by atoms with E-state index >= 15 is 0 Å². The van der Waals surface area contributed by atoms with Crippen molar-refractivity contribution in [3.8, 4) is 5.75 Å². The van der Waals surface area contributed by atoms with E-state index < -0.39 is 0 Å². The van der Waals surface area contributed by atoms with Gasteiger partial charge in [0.15, 0.2) is 0 Å². The first-order valence-electron chi connectivity index (χ1n) is 7.44. The normalized spacial score (nSPS) is 13.8. The molecule has 2 N–H and O–H groups in total. The topological polar surface area (TPSA) is 50.4 Å². The highest BCUT2D eigenvalue weighted by Gasteiger charge is 2.09. The van der Waals surface area contributed by atoms with Crippen molar-refractivity contribution in [2.45, 2.75) is 45.6 Å². The molecule has 2 amide bonds. The van der Waals surface area contributed by atoms with Crippen LogP contribution < -0.4 is 15.4 Å². The van der Waals surface area contributed by atoms with Crippen molar-refractivity contribution in [1.29, 1.82) is 0 Å². The lowest BCUT2D eigenvalue weighted by atomic mass is 9.92. The summed E-state index contributed by atoms with van der Waals surface area (Å²) < 4.78 is 5.68. The average Bonchev–Trinajstić information content (AvgIpc) is 2.43. The number of rotatable bonds is 5. The Morgan fingerprint density at radius 1 is 1.25 bits per heavy atom. The predicted molar refractivity (Wildman–Crippen MR) is 80.2 cm³/mol. The van der Waals surface area contributed by atoms with E-state index in [1.807, 2.05) is 19.9 Å². The number of hydrogen-bond acceptors (Lipinski definition) is 2. The average molecular weight is 276 g/mol. The molecule has 0 aliphatic heterocycles. The van der Waals surface area contributed by atoms with Gasteiger partial charge in [0.1, 0.15) is 12.4 Å². The van der Waals surface area contributed by atoms with Crippen molar-refractivity contribution in [3.63, 3.8) is 0 Å². The molecule has 0 spiro atoms. The van der Waals surface area contributed by atoms with Crippen LogP contribution in [0.1, 0.15) is 37.8 Å². The molecular formula is C16H24N2O2. The summed E-state index contributed by atoms with van der Waals surface area (Å²) in [4.78, 5) is 11.4. The zero-order valence-corrected chi connectivity index (χ0v) is 12.4. The number of fused-ring (bicyclic) bond motifs is 1. The lowest BCUT2D eigenvalue weighted by Gasteiger charge is -2.17. The van der Waals surface area contributed by atoms with Gasteiger partial charge >= 0.3 is 6.03 Å². The molecule has 0 saturated heterocycles. The summed E-state index contributed by atoms with van der Waals surface area (Å²) >= 11 is 0. The lowest BCUT2D eigenvalue weighted by Crippen LogP contribution is -2.41. The van der Waals surface area contributed by atoms with Crippen molar-refractivity contribution in [2.24, 2.45) is 0 Å². The number of carbonyl (C=O) groups is 1. The molecule has 0 aromatic heterocycles. The van der Waals surface area contributed by atoms with Crippen LogP contribution in [-0.2, 0) is 12.8 Å². The molecule has 0 heterocycles. The Bertz CT molecular complexity index is 458. The maximum atomic E-state index is 11.4. The predicted octanol–water partition coefficient (Wildman–Crippen LogP) is 2.65. The van der Waals surface area contributed by atoms with Crippen LogP contribution in [0, 0.1) is 0 Å². The fourth-order valence-electron chi connectivity index (χ4n) is 2.45. The second-order valence-electron chi connectivity index (χ2n) is 5.54. The van der Waals surface area contributed by atoms with Crippen LogP contribution >= 0.6 is 0 Å². The first-order valence-corrected chi connectivity index (χ1v) is 7.44. The van der Waals surface area contributed by atoms with Gasteiger partial charge in [0.25, 0.3) is 0 Å². The molecule has 0 radical (unpaired) electrons. The molecule has 2 rings (SSSR count). The van der Waals surface area contributed by atoms with Gasteiger partial charge in [-0.1, -0.05) is 6.07 Å². The highest BCUT2D eigenvalue weighted by Crippen LogP contribution is 2.25. The largest absolute Gasteiger partial charge is 0.492 e. The van der Waals surface area contributed by atoms with E-state index in [9.17, 15) is 4.79 Å². The van der Waals surface area contributed by atoms with Gasteiger partial charge in [0.05, 0.1) is 6.54 Å². The maximum absolute atomic E-state index is 11.4.